The highest BCUT2D eigenvalue weighted by Gasteiger charge is 2.52. The van der Waals surface area contributed by atoms with Gasteiger partial charge < -0.3 is 14.1 Å². The fourth-order valence-electron chi connectivity index (χ4n) is 15.5. The van der Waals surface area contributed by atoms with Gasteiger partial charge in [0.15, 0.2) is 0 Å². The van der Waals surface area contributed by atoms with Crippen LogP contribution in [0.4, 0.5) is 28.4 Å². The molecule has 0 atom stereocenters. The molecule has 0 bridgehead atoms. The van der Waals surface area contributed by atoms with Gasteiger partial charge in [0.2, 0.25) is 0 Å². The molecule has 3 nitrogen and oxygen atoms in total. The van der Waals surface area contributed by atoms with Crippen LogP contribution in [0.3, 0.4) is 0 Å². The summed E-state index contributed by atoms with van der Waals surface area (Å²) in [5.41, 5.74) is 28.0. The van der Waals surface area contributed by atoms with Crippen molar-refractivity contribution < 1.29 is 4.42 Å². The van der Waals surface area contributed by atoms with E-state index in [0.717, 1.165) is 42.2 Å². The van der Waals surface area contributed by atoms with E-state index in [9.17, 15) is 0 Å². The van der Waals surface area contributed by atoms with E-state index in [1.807, 2.05) is 0 Å². The van der Waals surface area contributed by atoms with Crippen molar-refractivity contribution >= 4 is 68.1 Å². The Hall–Kier alpha value is -6.00. The molecule has 0 saturated heterocycles. The van der Waals surface area contributed by atoms with Crippen molar-refractivity contribution in [1.82, 2.24) is 0 Å². The molecular weight excluding hydrogens is 884 g/mol. The highest BCUT2D eigenvalue weighted by molar-refractivity contribution is 6.94. The number of benzene rings is 7. The Bertz CT molecular complexity index is 3760. The summed E-state index contributed by atoms with van der Waals surface area (Å²) in [6, 6.07) is 46.2. The summed E-state index contributed by atoms with van der Waals surface area (Å²) in [6.45, 7) is 34.5. The molecular formula is C69H73BN2O. The minimum Gasteiger partial charge on any atom is -0.455 e. The molecule has 6 aliphatic rings. The summed E-state index contributed by atoms with van der Waals surface area (Å²) >= 11 is 0. The quantitative estimate of drug-likeness (QED) is 0.161. The molecule has 4 heteroatoms. The molecule has 0 saturated carbocycles. The van der Waals surface area contributed by atoms with Crippen molar-refractivity contribution in [2.45, 2.75) is 173 Å². The van der Waals surface area contributed by atoms with Crippen LogP contribution < -0.4 is 20.6 Å². The van der Waals surface area contributed by atoms with Gasteiger partial charge in [-0.2, -0.15) is 0 Å². The van der Waals surface area contributed by atoms with Gasteiger partial charge in [0.25, 0.3) is 0 Å². The molecule has 0 fully saturated rings. The van der Waals surface area contributed by atoms with Gasteiger partial charge in [-0.1, -0.05) is 164 Å². The first kappa shape index (κ1) is 45.6. The van der Waals surface area contributed by atoms with Crippen molar-refractivity contribution in [3.8, 4) is 22.3 Å². The molecule has 0 unspecified atom stereocenters. The average molecular weight is 957 g/mol. The van der Waals surface area contributed by atoms with Crippen LogP contribution >= 0.6 is 0 Å². The summed E-state index contributed by atoms with van der Waals surface area (Å²) < 4.78 is 7.41. The molecule has 4 aliphatic carbocycles. The van der Waals surface area contributed by atoms with Crippen LogP contribution in [0.1, 0.15) is 180 Å². The van der Waals surface area contributed by atoms with Crippen LogP contribution in [-0.4, -0.2) is 6.85 Å². The number of anilines is 5. The molecule has 0 amide bonds. The van der Waals surface area contributed by atoms with E-state index in [1.165, 1.54) is 124 Å². The van der Waals surface area contributed by atoms with Gasteiger partial charge in [0.05, 0.1) is 0 Å². The van der Waals surface area contributed by atoms with Crippen LogP contribution in [0.2, 0.25) is 0 Å². The summed E-state index contributed by atoms with van der Waals surface area (Å²) in [7, 11) is 0. The van der Waals surface area contributed by atoms with Crippen molar-refractivity contribution in [2.75, 3.05) is 9.71 Å². The predicted octanol–water partition coefficient (Wildman–Crippen LogP) is 17.6. The van der Waals surface area contributed by atoms with E-state index < -0.39 is 0 Å². The molecule has 8 aromatic rings. The maximum atomic E-state index is 7.41. The number of nitrogens with zero attached hydrogens (tertiary/aromatic N) is 2. The summed E-state index contributed by atoms with van der Waals surface area (Å²) in [5.74, 6) is 0. The van der Waals surface area contributed by atoms with E-state index >= 15 is 0 Å². The Morgan fingerprint density at radius 3 is 1.56 bits per heavy atom. The Morgan fingerprint density at radius 2 is 0.918 bits per heavy atom. The normalized spacial score (nSPS) is 21.1. The molecule has 1 aromatic heterocycles. The number of hydrogen-bond acceptors (Lipinski definition) is 3. The van der Waals surface area contributed by atoms with Crippen LogP contribution in [-0.2, 0) is 37.9 Å². The molecule has 0 N–H and O–H groups in total. The fourth-order valence-corrected chi connectivity index (χ4v) is 15.5. The zero-order valence-corrected chi connectivity index (χ0v) is 46.1. The lowest BCUT2D eigenvalue weighted by molar-refractivity contribution is 0.332. The van der Waals surface area contributed by atoms with Crippen LogP contribution in [0, 0.1) is 0 Å². The second-order valence-corrected chi connectivity index (χ2v) is 28.0. The molecule has 0 radical (unpaired) electrons. The zero-order valence-electron chi connectivity index (χ0n) is 46.1. The molecule has 2 aliphatic heterocycles. The largest absolute Gasteiger partial charge is 0.455 e. The third-order valence-electron chi connectivity index (χ3n) is 20.4. The third-order valence-corrected chi connectivity index (χ3v) is 20.4. The van der Waals surface area contributed by atoms with Gasteiger partial charge in [-0.15, -0.1) is 0 Å². The second-order valence-electron chi connectivity index (χ2n) is 28.0. The molecule has 73 heavy (non-hydrogen) atoms. The molecule has 7 aromatic carbocycles. The lowest BCUT2D eigenvalue weighted by Gasteiger charge is -2.49. The molecule has 14 rings (SSSR count). The van der Waals surface area contributed by atoms with E-state index in [1.54, 1.807) is 0 Å². The topological polar surface area (TPSA) is 19.6 Å². The monoisotopic (exact) mass is 957 g/mol. The first-order chi connectivity index (χ1) is 34.4. The van der Waals surface area contributed by atoms with Crippen molar-refractivity contribution in [2.24, 2.45) is 0 Å². The standard InChI is InChI=1S/C69H73BN2O/c1-63(2)29-31-65(5,6)49-35-40(23-25-46(49)63)71-55-39-52-51(67(9,10)33-34-68(52,11)12)38-53(55)70-61-56(71)37-44-42-19-16-18-22-57(42)73-62(44)60(61)59-54(28-27-48-58(59)43-20-15-17-21-45(43)69(48,13)14)72(70)41-24-26-47-50(36-41)66(7,8)32-30-64(47,3)4/h15-28,35-39H,29-34H2,1-14H3. The lowest BCUT2D eigenvalue weighted by Crippen LogP contribution is -2.62. The summed E-state index contributed by atoms with van der Waals surface area (Å²) in [6.07, 6.45) is 7.01. The maximum absolute atomic E-state index is 7.41. The van der Waals surface area contributed by atoms with Crippen molar-refractivity contribution in [3.05, 3.63) is 160 Å². The number of furan rings is 1. The third kappa shape index (κ3) is 6.02. The first-order valence-corrected chi connectivity index (χ1v) is 27.8. The Kier molecular flexibility index (Phi) is 8.89. The van der Waals surface area contributed by atoms with Gasteiger partial charge in [-0.25, -0.2) is 0 Å². The molecule has 368 valence electrons. The highest BCUT2D eigenvalue weighted by Crippen LogP contribution is 2.61. The van der Waals surface area contributed by atoms with Gasteiger partial charge >= 0.3 is 6.85 Å². The van der Waals surface area contributed by atoms with Crippen LogP contribution in [0.15, 0.2) is 120 Å². The Balaban J connectivity index is 1.19. The first-order valence-electron chi connectivity index (χ1n) is 27.8. The van der Waals surface area contributed by atoms with Crippen molar-refractivity contribution in [1.29, 1.82) is 0 Å². The van der Waals surface area contributed by atoms with E-state index in [4.69, 9.17) is 4.42 Å². The predicted molar refractivity (Wildman–Crippen MR) is 311 cm³/mol. The van der Waals surface area contributed by atoms with E-state index in [0.29, 0.717) is 0 Å². The minimum atomic E-state index is -0.189. The number of hydrogen-bond donors (Lipinski definition) is 0. The average Bonchev–Trinajstić information content (AvgIpc) is 3.84. The van der Waals surface area contributed by atoms with E-state index in [-0.39, 0.29) is 44.8 Å². The second kappa shape index (κ2) is 14.2. The maximum Gasteiger partial charge on any atom is 0.333 e. The molecule has 0 spiro atoms. The minimum absolute atomic E-state index is 0.00683. The summed E-state index contributed by atoms with van der Waals surface area (Å²) in [4.78, 5) is 5.54. The number of rotatable bonds is 2. The van der Waals surface area contributed by atoms with Gasteiger partial charge in [-0.05, 0) is 186 Å². The molecule has 3 heterocycles. The van der Waals surface area contributed by atoms with Crippen LogP contribution in [0.25, 0.3) is 44.2 Å². The van der Waals surface area contributed by atoms with Gasteiger partial charge in [0, 0.05) is 55.8 Å². The fraction of sp³-hybridized carbons (Fsp3) is 0.391. The van der Waals surface area contributed by atoms with Gasteiger partial charge in [0.1, 0.15) is 11.2 Å². The van der Waals surface area contributed by atoms with Crippen LogP contribution in [0.5, 0.6) is 0 Å². The zero-order chi connectivity index (χ0) is 50.9. The Morgan fingerprint density at radius 1 is 0.397 bits per heavy atom. The summed E-state index contributed by atoms with van der Waals surface area (Å²) in [5, 5.41) is 2.34. The van der Waals surface area contributed by atoms with E-state index in [2.05, 4.69) is 222 Å². The highest BCUT2D eigenvalue weighted by atomic mass is 16.3. The SMILES string of the molecule is CC1(C)CCC(C)(C)c2cc(N3B4c5cc6c(cc5N(c5ccc7c(c5)C(C)(C)CCC7(C)C)c5cc7c(oc8ccccc87)c(c54)-c4c3ccc3c4-c4ccccc4C3(C)C)C(C)(C)CCC6(C)C)ccc21. The van der Waals surface area contributed by atoms with Gasteiger partial charge in [-0.3, -0.25) is 0 Å². The number of fused-ring (bicyclic) bond motifs is 15. The smallest absolute Gasteiger partial charge is 0.333 e. The number of para-hydroxylation sites is 1. The lowest BCUT2D eigenvalue weighted by atomic mass is 9.42. The Labute approximate surface area is 435 Å². The van der Waals surface area contributed by atoms with Crippen molar-refractivity contribution in [3.63, 3.8) is 0 Å².